The first-order valence-corrected chi connectivity index (χ1v) is 10.3. The molecule has 0 fully saturated rings. The summed E-state index contributed by atoms with van der Waals surface area (Å²) in [4.78, 5) is 4.77. The Morgan fingerprint density at radius 3 is 2.56 bits per heavy atom. The predicted octanol–water partition coefficient (Wildman–Crippen LogP) is 5.76. The van der Waals surface area contributed by atoms with Crippen LogP contribution in [-0.4, -0.2) is 16.7 Å². The minimum atomic E-state index is 0.505. The fourth-order valence-corrected chi connectivity index (χ4v) is 4.00. The maximum absolute atomic E-state index is 10.3. The molecule has 32 heavy (non-hydrogen) atoms. The number of fused-ring (bicyclic) bond motifs is 2. The molecular formula is C27H21N3O2. The van der Waals surface area contributed by atoms with Crippen molar-refractivity contribution in [3.8, 4) is 17.6 Å². The largest absolute Gasteiger partial charge is 0.497 e. The summed E-state index contributed by atoms with van der Waals surface area (Å²) in [6.07, 6.45) is 1.93. The molecule has 5 nitrogen and oxygen atoms in total. The monoisotopic (exact) mass is 419 g/mol. The van der Waals surface area contributed by atoms with E-state index in [0.717, 1.165) is 39.0 Å². The number of ether oxygens (including phenoxy) is 2. The van der Waals surface area contributed by atoms with E-state index < -0.39 is 0 Å². The Balaban J connectivity index is 1.76. The molecule has 0 N–H and O–H groups in total. The highest BCUT2D eigenvalue weighted by atomic mass is 16.5. The van der Waals surface area contributed by atoms with Gasteiger partial charge in [0, 0.05) is 23.7 Å². The zero-order valence-corrected chi connectivity index (χ0v) is 18.1. The highest BCUT2D eigenvalue weighted by Crippen LogP contribution is 2.41. The molecule has 4 aromatic rings. The molecule has 1 aliphatic rings. The topological polar surface area (TPSA) is 60.1 Å². The summed E-state index contributed by atoms with van der Waals surface area (Å²) in [6, 6.07) is 24.0. The Labute approximate surface area is 186 Å². The van der Waals surface area contributed by atoms with Crippen LogP contribution in [0.25, 0.3) is 27.9 Å². The third kappa shape index (κ3) is 3.23. The maximum atomic E-state index is 10.3. The standard InChI is InChI=1S/C27H21N3O2/c1-17-8-13-25-21(14-17)20(15-26(32-25)18-9-11-19(31-3)12-10-18)22(16-28)27-29-23-6-4-5-7-24(23)30(27)2/h4-15H,1-3H3/b22-20+. The van der Waals surface area contributed by atoms with Crippen LogP contribution in [0.1, 0.15) is 22.5 Å². The average molecular weight is 419 g/mol. The molecule has 0 radical (unpaired) electrons. The van der Waals surface area contributed by atoms with E-state index in [4.69, 9.17) is 14.5 Å². The van der Waals surface area contributed by atoms with Crippen LogP contribution < -0.4 is 9.47 Å². The molecule has 0 unspecified atom stereocenters. The van der Waals surface area contributed by atoms with Crippen LogP contribution in [0.5, 0.6) is 11.5 Å². The maximum Gasteiger partial charge on any atom is 0.152 e. The van der Waals surface area contributed by atoms with Crippen molar-refractivity contribution in [3.05, 3.63) is 95.3 Å². The minimum absolute atomic E-state index is 0.505. The fraction of sp³-hybridized carbons (Fsp3) is 0.111. The van der Waals surface area contributed by atoms with Gasteiger partial charge in [-0.15, -0.1) is 0 Å². The molecule has 5 rings (SSSR count). The van der Waals surface area contributed by atoms with Gasteiger partial charge < -0.3 is 14.0 Å². The Morgan fingerprint density at radius 2 is 1.84 bits per heavy atom. The van der Waals surface area contributed by atoms with Crippen molar-refractivity contribution in [2.45, 2.75) is 6.92 Å². The van der Waals surface area contributed by atoms with Gasteiger partial charge in [-0.2, -0.15) is 5.26 Å². The summed E-state index contributed by atoms with van der Waals surface area (Å²) in [5.74, 6) is 2.79. The molecule has 0 bridgehead atoms. The second-order valence-corrected chi connectivity index (χ2v) is 7.72. The molecule has 2 heterocycles. The molecule has 156 valence electrons. The molecular weight excluding hydrogens is 398 g/mol. The normalized spacial score (nSPS) is 14.2. The lowest BCUT2D eigenvalue weighted by atomic mass is 9.93. The van der Waals surface area contributed by atoms with E-state index in [1.54, 1.807) is 7.11 Å². The summed E-state index contributed by atoms with van der Waals surface area (Å²) in [7, 11) is 3.58. The van der Waals surface area contributed by atoms with Crippen molar-refractivity contribution < 1.29 is 9.47 Å². The smallest absolute Gasteiger partial charge is 0.152 e. The first kappa shape index (κ1) is 19.7. The number of nitriles is 1. The van der Waals surface area contributed by atoms with Gasteiger partial charge in [0.25, 0.3) is 0 Å². The molecule has 0 saturated heterocycles. The van der Waals surface area contributed by atoms with Gasteiger partial charge in [0.15, 0.2) is 5.82 Å². The number of aryl methyl sites for hydroxylation is 2. The lowest BCUT2D eigenvalue weighted by Gasteiger charge is -2.22. The fourth-order valence-electron chi connectivity index (χ4n) is 4.00. The van der Waals surface area contributed by atoms with Gasteiger partial charge in [-0.1, -0.05) is 23.8 Å². The zero-order valence-electron chi connectivity index (χ0n) is 18.1. The van der Waals surface area contributed by atoms with Crippen molar-refractivity contribution >= 4 is 27.9 Å². The number of hydrogen-bond acceptors (Lipinski definition) is 4. The lowest BCUT2D eigenvalue weighted by Crippen LogP contribution is -2.07. The summed E-state index contributed by atoms with van der Waals surface area (Å²) in [5.41, 5.74) is 6.00. The molecule has 3 aromatic carbocycles. The van der Waals surface area contributed by atoms with E-state index in [0.29, 0.717) is 22.9 Å². The van der Waals surface area contributed by atoms with E-state index in [1.807, 2.05) is 91.3 Å². The van der Waals surface area contributed by atoms with Gasteiger partial charge in [-0.3, -0.25) is 0 Å². The number of allylic oxidation sites excluding steroid dienone is 3. The Kier molecular flexibility index (Phi) is 4.76. The van der Waals surface area contributed by atoms with Crippen LogP contribution in [0, 0.1) is 18.3 Å². The third-order valence-corrected chi connectivity index (χ3v) is 5.69. The van der Waals surface area contributed by atoms with Gasteiger partial charge >= 0.3 is 0 Å². The molecule has 0 atom stereocenters. The van der Waals surface area contributed by atoms with E-state index >= 15 is 0 Å². The molecule has 0 aliphatic carbocycles. The molecule has 5 heteroatoms. The van der Waals surface area contributed by atoms with Crippen molar-refractivity contribution in [1.29, 1.82) is 5.26 Å². The van der Waals surface area contributed by atoms with Crippen LogP contribution in [0.2, 0.25) is 0 Å². The first-order chi connectivity index (χ1) is 15.6. The van der Waals surface area contributed by atoms with Crippen molar-refractivity contribution in [3.63, 3.8) is 0 Å². The number of rotatable bonds is 3. The van der Waals surface area contributed by atoms with Crippen molar-refractivity contribution in [2.75, 3.05) is 7.11 Å². The van der Waals surface area contributed by atoms with Gasteiger partial charge in [-0.25, -0.2) is 4.98 Å². The number of methoxy groups -OCH3 is 1. The predicted molar refractivity (Wildman–Crippen MR) is 126 cm³/mol. The third-order valence-electron chi connectivity index (χ3n) is 5.69. The van der Waals surface area contributed by atoms with Gasteiger partial charge in [-0.05, 0) is 61.5 Å². The number of imidazole rings is 1. The van der Waals surface area contributed by atoms with Crippen LogP contribution >= 0.6 is 0 Å². The Morgan fingerprint density at radius 1 is 1.06 bits per heavy atom. The molecule has 0 amide bonds. The van der Waals surface area contributed by atoms with E-state index in [9.17, 15) is 5.26 Å². The molecule has 1 aliphatic heterocycles. The number of nitrogens with zero attached hydrogens (tertiary/aromatic N) is 3. The van der Waals surface area contributed by atoms with Crippen molar-refractivity contribution in [2.24, 2.45) is 7.05 Å². The lowest BCUT2D eigenvalue weighted by molar-refractivity contribution is 0.414. The van der Waals surface area contributed by atoms with Crippen LogP contribution in [0.4, 0.5) is 0 Å². The number of aromatic nitrogens is 2. The van der Waals surface area contributed by atoms with Crippen LogP contribution in [0.3, 0.4) is 0 Å². The van der Waals surface area contributed by atoms with Gasteiger partial charge in [0.05, 0.1) is 18.1 Å². The number of para-hydroxylation sites is 2. The van der Waals surface area contributed by atoms with Gasteiger partial charge in [0.1, 0.15) is 28.9 Å². The summed E-state index contributed by atoms with van der Waals surface area (Å²) in [6.45, 7) is 2.03. The second kappa shape index (κ2) is 7.75. The van der Waals surface area contributed by atoms with Crippen molar-refractivity contribution in [1.82, 2.24) is 9.55 Å². The summed E-state index contributed by atoms with van der Waals surface area (Å²) in [5, 5.41) is 10.3. The number of hydrogen-bond donors (Lipinski definition) is 0. The van der Waals surface area contributed by atoms with Gasteiger partial charge in [0.2, 0.25) is 0 Å². The van der Waals surface area contributed by atoms with E-state index in [2.05, 4.69) is 6.07 Å². The molecule has 1 aromatic heterocycles. The van der Waals surface area contributed by atoms with Crippen LogP contribution in [0.15, 0.2) is 72.8 Å². The van der Waals surface area contributed by atoms with Crippen LogP contribution in [-0.2, 0) is 7.05 Å². The second-order valence-electron chi connectivity index (χ2n) is 7.72. The first-order valence-electron chi connectivity index (χ1n) is 10.3. The zero-order chi connectivity index (χ0) is 22.2. The quantitative estimate of drug-likeness (QED) is 0.396. The van der Waals surface area contributed by atoms with E-state index in [-0.39, 0.29) is 0 Å². The Bertz CT molecular complexity index is 1450. The highest BCUT2D eigenvalue weighted by Gasteiger charge is 2.24. The summed E-state index contributed by atoms with van der Waals surface area (Å²) >= 11 is 0. The Hall–Kier alpha value is -4.30. The SMILES string of the molecule is COc1ccc(C2=C/C(=C(/C#N)c3nc4ccccc4n3C)c3cc(C)ccc3O2)cc1. The highest BCUT2D eigenvalue weighted by molar-refractivity contribution is 6.05. The number of benzene rings is 3. The molecule has 0 spiro atoms. The average Bonchev–Trinajstić information content (AvgIpc) is 3.16. The molecule has 0 saturated carbocycles. The van der Waals surface area contributed by atoms with E-state index in [1.165, 1.54) is 0 Å². The summed E-state index contributed by atoms with van der Waals surface area (Å²) < 4.78 is 13.5. The minimum Gasteiger partial charge on any atom is -0.497 e.